The fourth-order valence-electron chi connectivity index (χ4n) is 4.03. The molecule has 1 saturated heterocycles. The highest BCUT2D eigenvalue weighted by Gasteiger charge is 2.35. The van der Waals surface area contributed by atoms with Gasteiger partial charge in [-0.15, -0.1) is 0 Å². The Morgan fingerprint density at radius 2 is 2.23 bits per heavy atom. The van der Waals surface area contributed by atoms with Crippen LogP contribution in [0.1, 0.15) is 52.4 Å². The van der Waals surface area contributed by atoms with Crippen molar-refractivity contribution in [3.63, 3.8) is 0 Å². The number of nitriles is 1. The van der Waals surface area contributed by atoms with E-state index in [1.807, 2.05) is 6.92 Å². The molecule has 2 aliphatic rings. The van der Waals surface area contributed by atoms with E-state index >= 15 is 0 Å². The smallest absolute Gasteiger partial charge is 0.224 e. The lowest BCUT2D eigenvalue weighted by molar-refractivity contribution is -0.128. The first kappa shape index (κ1) is 16.8. The fourth-order valence-corrected chi connectivity index (χ4v) is 4.03. The lowest BCUT2D eigenvalue weighted by atomic mass is 9.83. The van der Waals surface area contributed by atoms with Crippen LogP contribution in [0.5, 0.6) is 0 Å². The maximum Gasteiger partial charge on any atom is 0.224 e. The predicted molar refractivity (Wildman–Crippen MR) is 83.6 cm³/mol. The minimum absolute atomic E-state index is 0.00406. The van der Waals surface area contributed by atoms with Crippen LogP contribution in [0.3, 0.4) is 0 Å². The van der Waals surface area contributed by atoms with Crippen LogP contribution in [0.4, 0.5) is 0 Å². The summed E-state index contributed by atoms with van der Waals surface area (Å²) in [6, 6.07) is 1.57. The summed E-state index contributed by atoms with van der Waals surface area (Å²) >= 11 is 0. The van der Waals surface area contributed by atoms with Crippen molar-refractivity contribution in [2.45, 2.75) is 58.4 Å². The Hall–Kier alpha value is -1.57. The summed E-state index contributed by atoms with van der Waals surface area (Å²) in [5, 5.41) is 14.9. The number of nitrogens with one attached hydrogen (secondary N) is 2. The molecule has 0 radical (unpaired) electrons. The molecule has 1 saturated carbocycles. The molecule has 0 aromatic rings. The van der Waals surface area contributed by atoms with E-state index in [4.69, 9.17) is 0 Å². The van der Waals surface area contributed by atoms with E-state index in [-0.39, 0.29) is 23.7 Å². The summed E-state index contributed by atoms with van der Waals surface area (Å²) in [5.74, 6) is 0.830. The van der Waals surface area contributed by atoms with E-state index in [1.165, 1.54) is 12.8 Å². The van der Waals surface area contributed by atoms with Crippen molar-refractivity contribution in [3.8, 4) is 6.07 Å². The van der Waals surface area contributed by atoms with Crippen LogP contribution in [0.2, 0.25) is 0 Å². The standard InChI is InChI=1S/C17H27N3O2/c1-3-12-5-4-6-15(12)11(2)16(21)20-14(10-18)9-13-7-8-19-17(13)22/h11-15H,3-9H2,1-2H3,(H,19,22)(H,20,21). The van der Waals surface area contributed by atoms with Crippen molar-refractivity contribution in [1.82, 2.24) is 10.6 Å². The molecular weight excluding hydrogens is 278 g/mol. The van der Waals surface area contributed by atoms with E-state index in [0.717, 1.165) is 19.3 Å². The molecule has 122 valence electrons. The molecule has 0 aromatic heterocycles. The highest BCUT2D eigenvalue weighted by molar-refractivity contribution is 5.81. The first-order chi connectivity index (χ1) is 10.6. The average molecular weight is 305 g/mol. The molecule has 0 aromatic carbocycles. The van der Waals surface area contributed by atoms with Gasteiger partial charge in [0.15, 0.2) is 0 Å². The second-order valence-electron chi connectivity index (χ2n) is 6.75. The van der Waals surface area contributed by atoms with E-state index in [2.05, 4.69) is 23.6 Å². The molecule has 5 unspecified atom stereocenters. The third-order valence-corrected chi connectivity index (χ3v) is 5.45. The number of hydrogen-bond acceptors (Lipinski definition) is 3. The van der Waals surface area contributed by atoms with Crippen molar-refractivity contribution in [2.24, 2.45) is 23.7 Å². The van der Waals surface area contributed by atoms with Gasteiger partial charge >= 0.3 is 0 Å². The summed E-state index contributed by atoms with van der Waals surface area (Å²) in [6.07, 6.45) is 5.81. The van der Waals surface area contributed by atoms with Crippen LogP contribution < -0.4 is 10.6 Å². The second-order valence-corrected chi connectivity index (χ2v) is 6.75. The van der Waals surface area contributed by atoms with Crippen LogP contribution in [0.15, 0.2) is 0 Å². The molecule has 0 spiro atoms. The van der Waals surface area contributed by atoms with Gasteiger partial charge in [-0.1, -0.05) is 33.1 Å². The number of hydrogen-bond donors (Lipinski definition) is 2. The van der Waals surface area contributed by atoms with Crippen molar-refractivity contribution < 1.29 is 9.59 Å². The number of rotatable bonds is 6. The third-order valence-electron chi connectivity index (χ3n) is 5.45. The number of carbonyl (C=O) groups is 2. The summed E-state index contributed by atoms with van der Waals surface area (Å²) in [6.45, 7) is 4.83. The highest BCUT2D eigenvalue weighted by Crippen LogP contribution is 2.38. The number of carbonyl (C=O) groups excluding carboxylic acids is 2. The minimum atomic E-state index is -0.565. The van der Waals surface area contributed by atoms with Gasteiger partial charge < -0.3 is 10.6 Å². The van der Waals surface area contributed by atoms with Crippen LogP contribution in [-0.4, -0.2) is 24.4 Å². The SMILES string of the molecule is CCC1CCCC1C(C)C(=O)NC(C#N)CC1CCNC1=O. The van der Waals surface area contributed by atoms with Crippen molar-refractivity contribution in [3.05, 3.63) is 0 Å². The summed E-state index contributed by atoms with van der Waals surface area (Å²) in [7, 11) is 0. The maximum absolute atomic E-state index is 12.5. The van der Waals surface area contributed by atoms with Gasteiger partial charge in [0.25, 0.3) is 0 Å². The minimum Gasteiger partial charge on any atom is -0.356 e. The van der Waals surface area contributed by atoms with Gasteiger partial charge in [0.1, 0.15) is 6.04 Å². The van der Waals surface area contributed by atoms with E-state index in [0.29, 0.717) is 24.8 Å². The highest BCUT2D eigenvalue weighted by atomic mass is 16.2. The Morgan fingerprint density at radius 1 is 1.45 bits per heavy atom. The van der Waals surface area contributed by atoms with Gasteiger partial charge in [-0.05, 0) is 31.1 Å². The summed E-state index contributed by atoms with van der Waals surface area (Å²) in [4.78, 5) is 24.1. The molecule has 5 heteroatoms. The zero-order valence-electron chi connectivity index (χ0n) is 13.6. The third kappa shape index (κ3) is 3.79. The Balaban J connectivity index is 1.88. The molecule has 5 atom stereocenters. The summed E-state index contributed by atoms with van der Waals surface area (Å²) in [5.41, 5.74) is 0. The number of nitrogens with zero attached hydrogens (tertiary/aromatic N) is 1. The lowest BCUT2D eigenvalue weighted by Crippen LogP contribution is -2.41. The van der Waals surface area contributed by atoms with Crippen LogP contribution in [0.25, 0.3) is 0 Å². The van der Waals surface area contributed by atoms with Gasteiger partial charge in [0.2, 0.25) is 11.8 Å². The van der Waals surface area contributed by atoms with E-state index in [1.54, 1.807) is 0 Å². The molecule has 2 amide bonds. The zero-order chi connectivity index (χ0) is 16.1. The molecule has 2 fully saturated rings. The molecule has 0 bridgehead atoms. The largest absolute Gasteiger partial charge is 0.356 e. The zero-order valence-corrected chi connectivity index (χ0v) is 13.6. The Labute approximate surface area is 132 Å². The fraction of sp³-hybridized carbons (Fsp3) is 0.824. The van der Waals surface area contributed by atoms with Crippen molar-refractivity contribution in [2.75, 3.05) is 6.54 Å². The molecule has 2 N–H and O–H groups in total. The van der Waals surface area contributed by atoms with Crippen molar-refractivity contribution >= 4 is 11.8 Å². The molecular formula is C17H27N3O2. The van der Waals surface area contributed by atoms with Crippen LogP contribution >= 0.6 is 0 Å². The lowest BCUT2D eigenvalue weighted by Gasteiger charge is -2.25. The monoisotopic (exact) mass is 305 g/mol. The Kier molecular flexibility index (Phi) is 5.82. The predicted octanol–water partition coefficient (Wildman–Crippen LogP) is 1.98. The first-order valence-electron chi connectivity index (χ1n) is 8.54. The van der Waals surface area contributed by atoms with Crippen LogP contribution in [0, 0.1) is 35.0 Å². The molecule has 22 heavy (non-hydrogen) atoms. The van der Waals surface area contributed by atoms with E-state index in [9.17, 15) is 14.9 Å². The van der Waals surface area contributed by atoms with E-state index < -0.39 is 6.04 Å². The quantitative estimate of drug-likeness (QED) is 0.787. The van der Waals surface area contributed by atoms with Crippen molar-refractivity contribution in [1.29, 1.82) is 5.26 Å². The normalized spacial score (nSPS) is 30.4. The number of amides is 2. The van der Waals surface area contributed by atoms with Gasteiger partial charge in [-0.2, -0.15) is 5.26 Å². The molecule has 2 rings (SSSR count). The molecule has 1 aliphatic carbocycles. The first-order valence-corrected chi connectivity index (χ1v) is 8.54. The Morgan fingerprint density at radius 3 is 2.82 bits per heavy atom. The van der Waals surface area contributed by atoms with Gasteiger partial charge in [-0.25, -0.2) is 0 Å². The summed E-state index contributed by atoms with van der Waals surface area (Å²) < 4.78 is 0. The van der Waals surface area contributed by atoms with Gasteiger partial charge in [0.05, 0.1) is 6.07 Å². The molecule has 1 aliphatic heterocycles. The average Bonchev–Trinajstić information content (AvgIpc) is 3.14. The van der Waals surface area contributed by atoms with Crippen LogP contribution in [-0.2, 0) is 9.59 Å². The maximum atomic E-state index is 12.5. The van der Waals surface area contributed by atoms with Gasteiger partial charge in [0, 0.05) is 18.4 Å². The second kappa shape index (κ2) is 7.62. The Bertz CT molecular complexity index is 457. The van der Waals surface area contributed by atoms with Gasteiger partial charge in [-0.3, -0.25) is 9.59 Å². The molecule has 5 nitrogen and oxygen atoms in total. The molecule has 1 heterocycles. The topological polar surface area (TPSA) is 82.0 Å².